The number of nitrogens with one attached hydrogen (secondary N) is 1. The molecule has 131 valence electrons. The van der Waals surface area contributed by atoms with Crippen molar-refractivity contribution in [1.29, 1.82) is 0 Å². The van der Waals surface area contributed by atoms with E-state index < -0.39 is 46.1 Å². The quantitative estimate of drug-likeness (QED) is 0.305. The Balaban J connectivity index is 0.00000312. The van der Waals surface area contributed by atoms with Crippen molar-refractivity contribution in [1.82, 2.24) is 4.72 Å². The van der Waals surface area contributed by atoms with Gasteiger partial charge in [-0.15, -0.1) is 0 Å². The Bertz CT molecular complexity index is 905. The van der Waals surface area contributed by atoms with E-state index in [4.69, 9.17) is 0 Å². The molecule has 0 fully saturated rings. The largest absolute Gasteiger partial charge is 0.471 e. The molecule has 0 aliphatic carbocycles. The number of benzene rings is 1. The molecule has 0 saturated heterocycles. The summed E-state index contributed by atoms with van der Waals surface area (Å²) in [5.74, 6) is -1.97. The fourth-order valence-corrected chi connectivity index (χ4v) is 3.95. The maximum Gasteiger partial charge on any atom is 0.391 e. The Morgan fingerprint density at radius 3 is 2.60 bits per heavy atom. The van der Waals surface area contributed by atoms with Crippen LogP contribution in [0.1, 0.15) is 0 Å². The second-order valence-corrected chi connectivity index (χ2v) is 7.91. The van der Waals surface area contributed by atoms with Crippen LogP contribution in [0.15, 0.2) is 46.1 Å². The summed E-state index contributed by atoms with van der Waals surface area (Å²) in [5.41, 5.74) is -0.576. The average molecular weight is 403 g/mol. The molecule has 1 atom stereocenters. The molecule has 0 amide bonds. The molecule has 10 nitrogen and oxygen atoms in total. The van der Waals surface area contributed by atoms with Gasteiger partial charge in [0.05, 0.1) is 17.3 Å². The number of nitro benzene ring substituents is 1. The fourth-order valence-electron chi connectivity index (χ4n) is 1.52. The Kier molecular flexibility index (Phi) is 7.32. The molecule has 0 spiro atoms. The van der Waals surface area contributed by atoms with E-state index in [-0.39, 0.29) is 34.5 Å². The molecule has 0 saturated carbocycles. The molecule has 14 heteroatoms. The zero-order valence-corrected chi connectivity index (χ0v) is 16.4. The first kappa shape index (κ1) is 21.8. The van der Waals surface area contributed by atoms with Gasteiger partial charge in [-0.2, -0.15) is 4.72 Å². The van der Waals surface area contributed by atoms with Crippen LogP contribution in [-0.4, -0.2) is 54.1 Å². The van der Waals surface area contributed by atoms with Gasteiger partial charge in [-0.25, -0.2) is 17.4 Å². The summed E-state index contributed by atoms with van der Waals surface area (Å²) >= 11 is 0. The summed E-state index contributed by atoms with van der Waals surface area (Å²) in [6.45, 7) is 0. The van der Waals surface area contributed by atoms with Crippen molar-refractivity contribution in [3.63, 3.8) is 0 Å². The SMILES string of the molecule is O=[N+]([O-])c1ccc(OP(=O)(O)CNS(=O)(=O)c2ccoc2)c(F)c1.[Na]. The molecule has 1 radical (unpaired) electrons. The summed E-state index contributed by atoms with van der Waals surface area (Å²) < 4.78 is 60.0. The van der Waals surface area contributed by atoms with Gasteiger partial charge in [0.25, 0.3) is 5.69 Å². The number of non-ortho nitro benzene ring substituents is 1. The van der Waals surface area contributed by atoms with Crippen molar-refractivity contribution in [3.8, 4) is 5.75 Å². The van der Waals surface area contributed by atoms with E-state index in [0.29, 0.717) is 6.07 Å². The Morgan fingerprint density at radius 1 is 1.40 bits per heavy atom. The number of hydrogen-bond acceptors (Lipinski definition) is 7. The van der Waals surface area contributed by atoms with Gasteiger partial charge in [-0.3, -0.25) is 10.1 Å². The van der Waals surface area contributed by atoms with Crippen LogP contribution < -0.4 is 9.25 Å². The van der Waals surface area contributed by atoms with E-state index in [1.54, 1.807) is 0 Å². The van der Waals surface area contributed by atoms with Gasteiger partial charge in [-0.1, -0.05) is 0 Å². The third-order valence-electron chi connectivity index (χ3n) is 2.63. The number of nitrogens with zero attached hydrogens (tertiary/aromatic N) is 1. The minimum Gasteiger partial charge on any atom is -0.471 e. The Hall–Kier alpha value is -1.27. The second-order valence-electron chi connectivity index (χ2n) is 4.37. The third-order valence-corrected chi connectivity index (χ3v) is 5.26. The molecule has 1 unspecified atom stereocenters. The summed E-state index contributed by atoms with van der Waals surface area (Å²) in [5, 5.41) is 10.5. The molecular weight excluding hydrogens is 393 g/mol. The van der Waals surface area contributed by atoms with E-state index in [1.807, 2.05) is 4.72 Å². The number of furan rings is 1. The van der Waals surface area contributed by atoms with Crippen LogP contribution in [0.2, 0.25) is 0 Å². The first-order valence-electron chi connectivity index (χ1n) is 6.08. The third kappa shape index (κ3) is 5.89. The predicted octanol–water partition coefficient (Wildman–Crippen LogP) is 1.45. The zero-order chi connectivity index (χ0) is 18.0. The standard InChI is InChI=1S/C11H10FN2O8PS.Na/c12-10-5-8(14(15)16)1-2-11(10)22-23(17,18)7-13-24(19,20)9-3-4-21-6-9;/h1-6,13H,7H2,(H,17,18);. The molecule has 0 aliphatic rings. The van der Waals surface area contributed by atoms with E-state index >= 15 is 0 Å². The van der Waals surface area contributed by atoms with Crippen LogP contribution in [-0.2, 0) is 14.6 Å². The molecule has 25 heavy (non-hydrogen) atoms. The van der Waals surface area contributed by atoms with Crippen LogP contribution in [0.4, 0.5) is 10.1 Å². The van der Waals surface area contributed by atoms with Gasteiger partial charge in [0.1, 0.15) is 17.4 Å². The number of hydrogen-bond donors (Lipinski definition) is 2. The van der Waals surface area contributed by atoms with Crippen LogP contribution in [0.25, 0.3) is 0 Å². The minimum absolute atomic E-state index is 0. The van der Waals surface area contributed by atoms with Crippen LogP contribution >= 0.6 is 7.60 Å². The van der Waals surface area contributed by atoms with Crippen molar-refractivity contribution >= 4 is 52.9 Å². The van der Waals surface area contributed by atoms with Gasteiger partial charge in [0, 0.05) is 35.6 Å². The number of rotatable bonds is 7. The molecule has 2 aromatic rings. The molecule has 1 heterocycles. The molecular formula is C11H10FN2NaO8PS. The minimum atomic E-state index is -4.61. The molecule has 0 bridgehead atoms. The second kappa shape index (κ2) is 8.41. The maximum atomic E-state index is 13.6. The Labute approximate surface area is 163 Å². The van der Waals surface area contributed by atoms with E-state index in [2.05, 4.69) is 8.94 Å². The van der Waals surface area contributed by atoms with E-state index in [1.165, 1.54) is 0 Å². The summed E-state index contributed by atoms with van der Waals surface area (Å²) in [7, 11) is -8.72. The van der Waals surface area contributed by atoms with Gasteiger partial charge in [0.2, 0.25) is 10.0 Å². The predicted molar refractivity (Wildman–Crippen MR) is 83.2 cm³/mol. The van der Waals surface area contributed by atoms with E-state index in [0.717, 1.165) is 30.7 Å². The monoisotopic (exact) mass is 403 g/mol. The van der Waals surface area contributed by atoms with Crippen molar-refractivity contribution in [2.75, 3.05) is 6.29 Å². The molecule has 2 rings (SSSR count). The average Bonchev–Trinajstić information content (AvgIpc) is 3.02. The Morgan fingerprint density at radius 2 is 2.08 bits per heavy atom. The summed E-state index contributed by atoms with van der Waals surface area (Å²) in [6.07, 6.45) is 0.953. The maximum absolute atomic E-state index is 13.6. The first-order valence-corrected chi connectivity index (χ1v) is 9.32. The van der Waals surface area contributed by atoms with Gasteiger partial charge < -0.3 is 13.8 Å². The zero-order valence-electron chi connectivity index (χ0n) is 12.7. The topological polar surface area (TPSA) is 149 Å². The first-order chi connectivity index (χ1) is 11.1. The van der Waals surface area contributed by atoms with Crippen molar-refractivity contribution in [2.24, 2.45) is 0 Å². The van der Waals surface area contributed by atoms with Crippen LogP contribution in [0.3, 0.4) is 0 Å². The number of sulfonamides is 1. The normalized spacial score (nSPS) is 13.5. The van der Waals surface area contributed by atoms with E-state index in [9.17, 15) is 32.4 Å². The van der Waals surface area contributed by atoms with Gasteiger partial charge in [-0.05, 0) is 12.1 Å². The molecule has 2 N–H and O–H groups in total. The fraction of sp³-hybridized carbons (Fsp3) is 0.0909. The van der Waals surface area contributed by atoms with Crippen molar-refractivity contribution in [3.05, 3.63) is 52.7 Å². The van der Waals surface area contributed by atoms with Crippen molar-refractivity contribution in [2.45, 2.75) is 4.90 Å². The summed E-state index contributed by atoms with van der Waals surface area (Å²) in [6, 6.07) is 3.28. The molecule has 1 aromatic carbocycles. The number of halogens is 1. The smallest absolute Gasteiger partial charge is 0.391 e. The molecule has 1 aromatic heterocycles. The number of nitro groups is 1. The van der Waals surface area contributed by atoms with Gasteiger partial charge >= 0.3 is 7.60 Å². The summed E-state index contributed by atoms with van der Waals surface area (Å²) in [4.78, 5) is 19.0. The van der Waals surface area contributed by atoms with Crippen molar-refractivity contribution < 1.29 is 36.1 Å². The van der Waals surface area contributed by atoms with Crippen LogP contribution in [0.5, 0.6) is 5.75 Å². The van der Waals surface area contributed by atoms with Crippen LogP contribution in [0, 0.1) is 15.9 Å². The molecule has 0 aliphatic heterocycles. The van der Waals surface area contributed by atoms with Gasteiger partial charge in [0.15, 0.2) is 11.6 Å².